The van der Waals surface area contributed by atoms with Gasteiger partial charge in [0.2, 0.25) is 0 Å². The van der Waals surface area contributed by atoms with Crippen LogP contribution in [0.1, 0.15) is 27.2 Å². The summed E-state index contributed by atoms with van der Waals surface area (Å²) in [5.41, 5.74) is -0.185. The lowest BCUT2D eigenvalue weighted by Crippen LogP contribution is -2.41. The Morgan fingerprint density at radius 2 is 2.15 bits per heavy atom. The maximum absolute atomic E-state index is 10.3. The number of rotatable bonds is 7. The van der Waals surface area contributed by atoms with Gasteiger partial charge in [-0.05, 0) is 38.3 Å². The first-order valence-electron chi connectivity index (χ1n) is 4.36. The van der Waals surface area contributed by atoms with Crippen LogP contribution >= 0.6 is 0 Å². The highest BCUT2D eigenvalue weighted by molar-refractivity contribution is 7.79. The van der Waals surface area contributed by atoms with Gasteiger partial charge in [0.25, 0.3) is 0 Å². The molecule has 0 saturated heterocycles. The average molecular weight is 208 g/mol. The Morgan fingerprint density at radius 1 is 1.54 bits per heavy atom. The van der Waals surface area contributed by atoms with Gasteiger partial charge < -0.3 is 14.6 Å². The van der Waals surface area contributed by atoms with E-state index in [2.05, 4.69) is 5.32 Å². The van der Waals surface area contributed by atoms with Crippen molar-refractivity contribution in [2.75, 3.05) is 19.1 Å². The molecule has 13 heavy (non-hydrogen) atoms. The predicted molar refractivity (Wildman–Crippen MR) is 52.1 cm³/mol. The highest BCUT2D eigenvalue weighted by atomic mass is 32.2. The second-order valence-corrected chi connectivity index (χ2v) is 4.35. The number of ether oxygens (including phenoxy) is 1. The largest absolute Gasteiger partial charge is 0.771 e. The molecule has 0 amide bonds. The first-order valence-corrected chi connectivity index (χ1v) is 5.61. The standard InChI is InChI=1S/C8H19NO3S/c1-4-12-6-5-8(2,3)9-7-13(10)11/h9H,4-7H2,1-3H3,(H,10,11)/p-1. The smallest absolute Gasteiger partial charge is 0.0592 e. The van der Waals surface area contributed by atoms with Crippen molar-refractivity contribution < 1.29 is 13.5 Å². The van der Waals surface area contributed by atoms with Crippen molar-refractivity contribution in [3.8, 4) is 0 Å². The molecule has 0 bridgehead atoms. The molecular formula is C8H18NO3S-. The Hall–Kier alpha value is 0.0300. The Bertz CT molecular complexity index is 161. The number of hydrogen-bond donors (Lipinski definition) is 1. The molecule has 0 radical (unpaired) electrons. The van der Waals surface area contributed by atoms with Crippen LogP contribution in [0.4, 0.5) is 0 Å². The minimum atomic E-state index is -2.02. The number of nitrogens with one attached hydrogen (secondary N) is 1. The summed E-state index contributed by atoms with van der Waals surface area (Å²) in [7, 11) is 0. The van der Waals surface area contributed by atoms with E-state index in [0.29, 0.717) is 13.2 Å². The summed E-state index contributed by atoms with van der Waals surface area (Å²) in [6.07, 6.45) is 0.804. The van der Waals surface area contributed by atoms with Crippen LogP contribution in [0.15, 0.2) is 0 Å². The third kappa shape index (κ3) is 8.36. The number of hydrogen-bond acceptors (Lipinski definition) is 4. The minimum Gasteiger partial charge on any atom is -0.771 e. The molecule has 0 aliphatic heterocycles. The van der Waals surface area contributed by atoms with E-state index in [1.807, 2.05) is 20.8 Å². The first-order chi connectivity index (χ1) is 5.98. The summed E-state index contributed by atoms with van der Waals surface area (Å²) < 4.78 is 25.7. The highest BCUT2D eigenvalue weighted by Crippen LogP contribution is 2.07. The van der Waals surface area contributed by atoms with Gasteiger partial charge in [0.05, 0.1) is 5.88 Å². The first kappa shape index (κ1) is 13.0. The third-order valence-electron chi connectivity index (χ3n) is 1.74. The fraction of sp³-hybridized carbons (Fsp3) is 1.00. The lowest BCUT2D eigenvalue weighted by atomic mass is 10.0. The zero-order valence-corrected chi connectivity index (χ0v) is 9.28. The van der Waals surface area contributed by atoms with E-state index in [1.54, 1.807) is 0 Å². The molecule has 0 saturated carbocycles. The molecule has 4 nitrogen and oxygen atoms in total. The molecule has 0 spiro atoms. The zero-order chi connectivity index (χ0) is 10.3. The Kier molecular flexibility index (Phi) is 6.49. The van der Waals surface area contributed by atoms with Crippen molar-refractivity contribution in [3.63, 3.8) is 0 Å². The Labute approximate surface area is 82.3 Å². The Balaban J connectivity index is 3.59. The molecule has 0 aliphatic carbocycles. The van der Waals surface area contributed by atoms with E-state index < -0.39 is 11.1 Å². The van der Waals surface area contributed by atoms with Crippen LogP contribution in [0.5, 0.6) is 0 Å². The fourth-order valence-corrected chi connectivity index (χ4v) is 1.32. The van der Waals surface area contributed by atoms with Gasteiger partial charge in [-0.2, -0.15) is 0 Å². The molecule has 1 N–H and O–H groups in total. The minimum absolute atomic E-state index is 0.000868. The maximum atomic E-state index is 10.3. The molecule has 5 heteroatoms. The van der Waals surface area contributed by atoms with Gasteiger partial charge in [0.1, 0.15) is 0 Å². The van der Waals surface area contributed by atoms with E-state index in [4.69, 9.17) is 4.74 Å². The summed E-state index contributed by atoms with van der Waals surface area (Å²) in [6, 6.07) is 0. The molecule has 0 aliphatic rings. The van der Waals surface area contributed by atoms with E-state index in [0.717, 1.165) is 6.42 Å². The van der Waals surface area contributed by atoms with E-state index in [1.165, 1.54) is 0 Å². The second-order valence-electron chi connectivity index (χ2n) is 3.46. The third-order valence-corrected chi connectivity index (χ3v) is 2.12. The van der Waals surface area contributed by atoms with Gasteiger partial charge in [-0.3, -0.25) is 4.21 Å². The van der Waals surface area contributed by atoms with Gasteiger partial charge in [-0.25, -0.2) is 0 Å². The second kappa shape index (κ2) is 6.48. The summed E-state index contributed by atoms with van der Waals surface area (Å²) in [4.78, 5) is 0. The molecule has 0 aromatic heterocycles. The van der Waals surface area contributed by atoms with Crippen LogP contribution in [0, 0.1) is 0 Å². The van der Waals surface area contributed by atoms with Gasteiger partial charge in [0.15, 0.2) is 0 Å². The van der Waals surface area contributed by atoms with Gasteiger partial charge in [-0.15, -0.1) is 0 Å². The van der Waals surface area contributed by atoms with Crippen LogP contribution in [0.2, 0.25) is 0 Å². The van der Waals surface area contributed by atoms with Crippen molar-refractivity contribution in [2.24, 2.45) is 0 Å². The monoisotopic (exact) mass is 208 g/mol. The zero-order valence-electron chi connectivity index (χ0n) is 8.46. The summed E-state index contributed by atoms with van der Waals surface area (Å²) in [5.74, 6) is -0.000868. The molecule has 0 aromatic rings. The van der Waals surface area contributed by atoms with Crippen molar-refractivity contribution in [3.05, 3.63) is 0 Å². The van der Waals surface area contributed by atoms with Crippen molar-refractivity contribution >= 4 is 11.1 Å². The van der Waals surface area contributed by atoms with E-state index in [-0.39, 0.29) is 11.4 Å². The van der Waals surface area contributed by atoms with Crippen LogP contribution in [0.3, 0.4) is 0 Å². The van der Waals surface area contributed by atoms with Gasteiger partial charge in [0, 0.05) is 18.8 Å². The highest BCUT2D eigenvalue weighted by Gasteiger charge is 2.15. The average Bonchev–Trinajstić information content (AvgIpc) is 2.02. The van der Waals surface area contributed by atoms with Crippen LogP contribution < -0.4 is 5.32 Å². The van der Waals surface area contributed by atoms with Crippen molar-refractivity contribution in [2.45, 2.75) is 32.7 Å². The SMILES string of the molecule is CCOCCC(C)(C)NCS(=O)[O-]. The van der Waals surface area contributed by atoms with E-state index in [9.17, 15) is 8.76 Å². The molecule has 80 valence electrons. The maximum Gasteiger partial charge on any atom is 0.0592 e. The van der Waals surface area contributed by atoms with Gasteiger partial charge in [-0.1, -0.05) is 0 Å². The molecule has 1 atom stereocenters. The molecule has 0 rings (SSSR count). The quantitative estimate of drug-likeness (QED) is 0.492. The van der Waals surface area contributed by atoms with Crippen molar-refractivity contribution in [1.82, 2.24) is 5.32 Å². The van der Waals surface area contributed by atoms with Crippen molar-refractivity contribution in [1.29, 1.82) is 0 Å². The van der Waals surface area contributed by atoms with E-state index >= 15 is 0 Å². The molecule has 1 unspecified atom stereocenters. The summed E-state index contributed by atoms with van der Waals surface area (Å²) >= 11 is -2.02. The normalized spacial score (nSPS) is 14.5. The molecule has 0 heterocycles. The summed E-state index contributed by atoms with van der Waals surface area (Å²) in [5, 5.41) is 2.92. The summed E-state index contributed by atoms with van der Waals surface area (Å²) in [6.45, 7) is 7.20. The van der Waals surface area contributed by atoms with Gasteiger partial charge >= 0.3 is 0 Å². The fourth-order valence-electron chi connectivity index (χ4n) is 0.814. The van der Waals surface area contributed by atoms with Crippen LogP contribution in [0.25, 0.3) is 0 Å². The van der Waals surface area contributed by atoms with Crippen LogP contribution in [-0.4, -0.2) is 33.4 Å². The molecular weight excluding hydrogens is 190 g/mol. The van der Waals surface area contributed by atoms with Crippen LogP contribution in [-0.2, 0) is 15.8 Å². The lowest BCUT2D eigenvalue weighted by Gasteiger charge is -2.26. The Morgan fingerprint density at radius 3 is 2.62 bits per heavy atom. The molecule has 0 fully saturated rings. The topological polar surface area (TPSA) is 61.4 Å². The predicted octanol–water partition coefficient (Wildman–Crippen LogP) is 0.618. The molecule has 0 aromatic carbocycles. The lowest BCUT2D eigenvalue weighted by molar-refractivity contribution is 0.125.